The van der Waals surface area contributed by atoms with E-state index in [1.807, 2.05) is 12.1 Å². The Morgan fingerprint density at radius 3 is 2.36 bits per heavy atom. The topological polar surface area (TPSA) is 77.8 Å². The monoisotopic (exact) mass is 347 g/mol. The van der Waals surface area contributed by atoms with Crippen molar-refractivity contribution in [1.29, 1.82) is 0 Å². The van der Waals surface area contributed by atoms with Gasteiger partial charge in [0.1, 0.15) is 6.04 Å². The molecule has 1 saturated heterocycles. The molecular weight excluding hydrogens is 318 g/mol. The number of hydrogen-bond donors (Lipinski definition) is 2. The third-order valence-corrected chi connectivity index (χ3v) is 4.88. The molecule has 0 saturated carbocycles. The SMILES string of the molecule is CCCCCCCCc1ccc(C(=O)[C@H]2C[C@H](O)CN2C(=O)O)cc1. The average Bonchev–Trinajstić information content (AvgIpc) is 3.00. The van der Waals surface area contributed by atoms with Crippen LogP contribution in [-0.2, 0) is 6.42 Å². The number of aryl methyl sites for hydroxylation is 1. The van der Waals surface area contributed by atoms with Crippen molar-refractivity contribution in [2.24, 2.45) is 0 Å². The molecule has 1 fully saturated rings. The third-order valence-electron chi connectivity index (χ3n) is 4.88. The third kappa shape index (κ3) is 5.56. The molecule has 5 nitrogen and oxygen atoms in total. The van der Waals surface area contributed by atoms with Crippen molar-refractivity contribution in [3.8, 4) is 0 Å². The highest BCUT2D eigenvalue weighted by Gasteiger charge is 2.39. The second-order valence-electron chi connectivity index (χ2n) is 6.92. The highest BCUT2D eigenvalue weighted by molar-refractivity contribution is 6.01. The summed E-state index contributed by atoms with van der Waals surface area (Å²) in [4.78, 5) is 24.8. The minimum absolute atomic E-state index is 0.00184. The maximum absolute atomic E-state index is 12.6. The highest BCUT2D eigenvalue weighted by Crippen LogP contribution is 2.22. The summed E-state index contributed by atoms with van der Waals surface area (Å²) in [5, 5.41) is 18.9. The van der Waals surface area contributed by atoms with Crippen molar-refractivity contribution in [3.05, 3.63) is 35.4 Å². The molecule has 2 rings (SSSR count). The molecule has 1 aromatic rings. The number of unbranched alkanes of at least 4 members (excludes halogenated alkanes) is 5. The number of Topliss-reactive ketones (excluding diaryl/α,β-unsaturated/α-hetero) is 1. The fraction of sp³-hybridized carbons (Fsp3) is 0.600. The van der Waals surface area contributed by atoms with Gasteiger partial charge in [-0.15, -0.1) is 0 Å². The van der Waals surface area contributed by atoms with E-state index in [2.05, 4.69) is 6.92 Å². The minimum Gasteiger partial charge on any atom is -0.465 e. The first-order valence-electron chi connectivity index (χ1n) is 9.33. The Labute approximate surface area is 149 Å². The number of benzene rings is 1. The summed E-state index contributed by atoms with van der Waals surface area (Å²) < 4.78 is 0. The fourth-order valence-corrected chi connectivity index (χ4v) is 3.41. The number of rotatable bonds is 9. The molecule has 0 radical (unpaired) electrons. The van der Waals surface area contributed by atoms with E-state index in [4.69, 9.17) is 0 Å². The van der Waals surface area contributed by atoms with E-state index < -0.39 is 18.2 Å². The number of β-amino-alcohol motifs (C(OH)–C–C–N with tert-alkyl or cyclic N) is 1. The zero-order chi connectivity index (χ0) is 18.2. The highest BCUT2D eigenvalue weighted by atomic mass is 16.4. The molecule has 1 heterocycles. The van der Waals surface area contributed by atoms with Crippen LogP contribution in [0.25, 0.3) is 0 Å². The zero-order valence-electron chi connectivity index (χ0n) is 15.0. The summed E-state index contributed by atoms with van der Waals surface area (Å²) in [6.07, 6.45) is 6.77. The van der Waals surface area contributed by atoms with Crippen molar-refractivity contribution in [2.75, 3.05) is 6.54 Å². The molecule has 0 bridgehead atoms. The van der Waals surface area contributed by atoms with Gasteiger partial charge in [0.2, 0.25) is 0 Å². The van der Waals surface area contributed by atoms with Gasteiger partial charge >= 0.3 is 6.09 Å². The number of carbonyl (C=O) groups excluding carboxylic acids is 1. The predicted molar refractivity (Wildman–Crippen MR) is 97.0 cm³/mol. The molecule has 1 amide bonds. The van der Waals surface area contributed by atoms with Crippen LogP contribution >= 0.6 is 0 Å². The van der Waals surface area contributed by atoms with Gasteiger partial charge in [-0.2, -0.15) is 0 Å². The maximum Gasteiger partial charge on any atom is 0.408 e. The van der Waals surface area contributed by atoms with Crippen molar-refractivity contribution in [1.82, 2.24) is 4.90 Å². The first-order valence-corrected chi connectivity index (χ1v) is 9.33. The quantitative estimate of drug-likeness (QED) is 0.525. The second kappa shape index (κ2) is 9.56. The van der Waals surface area contributed by atoms with Crippen molar-refractivity contribution in [2.45, 2.75) is 70.4 Å². The number of aliphatic hydroxyl groups excluding tert-OH is 1. The average molecular weight is 347 g/mol. The lowest BCUT2D eigenvalue weighted by atomic mass is 9.99. The van der Waals surface area contributed by atoms with Crippen molar-refractivity contribution < 1.29 is 19.8 Å². The van der Waals surface area contributed by atoms with E-state index in [1.165, 1.54) is 37.7 Å². The Bertz CT molecular complexity index is 570. The van der Waals surface area contributed by atoms with E-state index in [1.54, 1.807) is 12.1 Å². The molecule has 0 aliphatic carbocycles. The largest absolute Gasteiger partial charge is 0.465 e. The minimum atomic E-state index is -1.16. The molecule has 1 aliphatic heterocycles. The van der Waals surface area contributed by atoms with Gasteiger partial charge in [-0.1, -0.05) is 63.3 Å². The Balaban J connectivity index is 1.86. The number of hydrogen-bond acceptors (Lipinski definition) is 3. The number of carbonyl (C=O) groups is 2. The van der Waals surface area contributed by atoms with Gasteiger partial charge < -0.3 is 10.2 Å². The summed E-state index contributed by atoms with van der Waals surface area (Å²) in [6, 6.07) is 6.68. The molecule has 25 heavy (non-hydrogen) atoms. The number of likely N-dealkylation sites (tertiary alicyclic amines) is 1. The van der Waals surface area contributed by atoms with E-state index in [0.29, 0.717) is 5.56 Å². The molecular formula is C20H29NO4. The second-order valence-corrected chi connectivity index (χ2v) is 6.92. The smallest absolute Gasteiger partial charge is 0.408 e. The van der Waals surface area contributed by atoms with Crippen LogP contribution in [0, 0.1) is 0 Å². The standard InChI is InChI=1S/C20H29NO4/c1-2-3-4-5-6-7-8-15-9-11-16(12-10-15)19(23)18-13-17(22)14-21(18)20(24)25/h9-12,17-18,22H,2-8,13-14H2,1H3,(H,24,25)/t17-,18+/m0/s1. The van der Waals surface area contributed by atoms with E-state index in [0.717, 1.165) is 17.7 Å². The normalized spacial score (nSPS) is 20.0. The van der Waals surface area contributed by atoms with Gasteiger partial charge in [0.25, 0.3) is 0 Å². The Morgan fingerprint density at radius 1 is 1.08 bits per heavy atom. The lowest BCUT2D eigenvalue weighted by Gasteiger charge is -2.19. The van der Waals surface area contributed by atoms with E-state index in [9.17, 15) is 19.8 Å². The summed E-state index contributed by atoms with van der Waals surface area (Å²) in [6.45, 7) is 2.21. The molecule has 2 atom stereocenters. The van der Waals surface area contributed by atoms with Crippen molar-refractivity contribution in [3.63, 3.8) is 0 Å². The van der Waals surface area contributed by atoms with Crippen LogP contribution in [-0.4, -0.2) is 45.7 Å². The van der Waals surface area contributed by atoms with Crippen LogP contribution in [0.15, 0.2) is 24.3 Å². The van der Waals surface area contributed by atoms with E-state index >= 15 is 0 Å². The molecule has 0 unspecified atom stereocenters. The summed E-state index contributed by atoms with van der Waals surface area (Å²) in [5.74, 6) is -0.231. The molecule has 0 spiro atoms. The molecule has 2 N–H and O–H groups in total. The van der Waals surface area contributed by atoms with Crippen LogP contribution in [0.3, 0.4) is 0 Å². The lowest BCUT2D eigenvalue weighted by Crippen LogP contribution is -2.39. The lowest BCUT2D eigenvalue weighted by molar-refractivity contribution is 0.0844. The number of ketones is 1. The van der Waals surface area contributed by atoms with E-state index in [-0.39, 0.29) is 18.7 Å². The van der Waals surface area contributed by atoms with Gasteiger partial charge in [0.15, 0.2) is 5.78 Å². The van der Waals surface area contributed by atoms with Crippen LogP contribution < -0.4 is 0 Å². The maximum atomic E-state index is 12.6. The predicted octanol–water partition coefficient (Wildman–Crippen LogP) is 3.89. The number of nitrogens with zero attached hydrogens (tertiary/aromatic N) is 1. The Kier molecular flexibility index (Phi) is 7.44. The van der Waals surface area contributed by atoms with Crippen LogP contribution in [0.5, 0.6) is 0 Å². The number of amides is 1. The number of aliphatic hydroxyl groups is 1. The van der Waals surface area contributed by atoms with Crippen molar-refractivity contribution >= 4 is 11.9 Å². The van der Waals surface area contributed by atoms with Gasteiger partial charge in [0.05, 0.1) is 12.6 Å². The van der Waals surface area contributed by atoms with Gasteiger partial charge in [-0.3, -0.25) is 9.69 Å². The molecule has 1 aromatic carbocycles. The zero-order valence-corrected chi connectivity index (χ0v) is 15.0. The Morgan fingerprint density at radius 2 is 1.72 bits per heavy atom. The summed E-state index contributed by atoms with van der Waals surface area (Å²) in [7, 11) is 0. The van der Waals surface area contributed by atoms with Crippen LogP contribution in [0.2, 0.25) is 0 Å². The van der Waals surface area contributed by atoms with Crippen LogP contribution in [0.4, 0.5) is 4.79 Å². The van der Waals surface area contributed by atoms with Crippen LogP contribution in [0.1, 0.15) is 67.8 Å². The van der Waals surface area contributed by atoms with Gasteiger partial charge in [-0.05, 0) is 18.4 Å². The first-order chi connectivity index (χ1) is 12.0. The Hall–Kier alpha value is -1.88. The summed E-state index contributed by atoms with van der Waals surface area (Å²) >= 11 is 0. The fourth-order valence-electron chi connectivity index (χ4n) is 3.41. The molecule has 0 aromatic heterocycles. The van der Waals surface area contributed by atoms with Gasteiger partial charge in [-0.25, -0.2) is 4.79 Å². The van der Waals surface area contributed by atoms with Gasteiger partial charge in [0, 0.05) is 12.0 Å². The number of carboxylic acid groups (broad SMARTS) is 1. The molecule has 5 heteroatoms. The first kappa shape index (κ1) is 19.4. The molecule has 1 aliphatic rings. The summed E-state index contributed by atoms with van der Waals surface area (Å²) in [5.41, 5.74) is 1.71. The molecule has 138 valence electrons.